The zero-order chi connectivity index (χ0) is 13.8. The molecule has 2 aromatic heterocycles. The second-order valence-corrected chi connectivity index (χ2v) is 5.10. The Kier molecular flexibility index (Phi) is 4.34. The quantitative estimate of drug-likeness (QED) is 0.853. The molecule has 0 saturated heterocycles. The number of methoxy groups -OCH3 is 1. The molecule has 6 heteroatoms. The summed E-state index contributed by atoms with van der Waals surface area (Å²) in [6.07, 6.45) is 1.78. The molecule has 2 unspecified atom stereocenters. The molecule has 1 N–H and O–H groups in total. The van der Waals surface area contributed by atoms with E-state index in [4.69, 9.17) is 4.42 Å². The van der Waals surface area contributed by atoms with E-state index >= 15 is 0 Å². The lowest BCUT2D eigenvalue weighted by atomic mass is 10.2. The van der Waals surface area contributed by atoms with Gasteiger partial charge in [-0.2, -0.15) is 0 Å². The third-order valence-electron chi connectivity index (χ3n) is 2.76. The monoisotopic (exact) mass is 280 g/mol. The molecule has 2 aromatic rings. The highest BCUT2D eigenvalue weighted by Gasteiger charge is 2.18. The number of esters is 1. The largest absolute Gasteiger partial charge is 0.463 e. The van der Waals surface area contributed by atoms with E-state index in [2.05, 4.69) is 15.0 Å². The van der Waals surface area contributed by atoms with Gasteiger partial charge in [0.25, 0.3) is 0 Å². The summed E-state index contributed by atoms with van der Waals surface area (Å²) >= 11 is 1.60. The van der Waals surface area contributed by atoms with E-state index in [1.54, 1.807) is 29.7 Å². The van der Waals surface area contributed by atoms with Gasteiger partial charge in [0.1, 0.15) is 10.8 Å². The Hall–Kier alpha value is -1.66. The van der Waals surface area contributed by atoms with Crippen molar-refractivity contribution in [1.82, 2.24) is 10.3 Å². The molecule has 0 aromatic carbocycles. The first-order valence-electron chi connectivity index (χ1n) is 5.95. The fourth-order valence-electron chi connectivity index (χ4n) is 1.77. The molecular formula is C13H16N2O3S. The van der Waals surface area contributed by atoms with Crippen LogP contribution in [0.25, 0.3) is 0 Å². The maximum Gasteiger partial charge on any atom is 0.373 e. The van der Waals surface area contributed by atoms with Crippen molar-refractivity contribution in [2.75, 3.05) is 7.11 Å². The molecule has 0 saturated carbocycles. The third-order valence-corrected chi connectivity index (χ3v) is 3.72. The summed E-state index contributed by atoms with van der Waals surface area (Å²) in [6, 6.07) is 3.50. The first-order valence-corrected chi connectivity index (χ1v) is 6.83. The Labute approximate surface area is 115 Å². The van der Waals surface area contributed by atoms with E-state index in [0.29, 0.717) is 5.76 Å². The van der Waals surface area contributed by atoms with Crippen LogP contribution in [0.15, 0.2) is 28.1 Å². The fourth-order valence-corrected chi connectivity index (χ4v) is 2.43. The summed E-state index contributed by atoms with van der Waals surface area (Å²) in [4.78, 5) is 15.6. The number of nitrogens with zero attached hydrogens (tertiary/aromatic N) is 1. The summed E-state index contributed by atoms with van der Waals surface area (Å²) in [5, 5.41) is 6.34. The zero-order valence-corrected chi connectivity index (χ0v) is 11.9. The van der Waals surface area contributed by atoms with Crippen LogP contribution in [0.2, 0.25) is 0 Å². The lowest BCUT2D eigenvalue weighted by Gasteiger charge is -2.16. The summed E-state index contributed by atoms with van der Waals surface area (Å²) in [5.41, 5.74) is 0. The second kappa shape index (κ2) is 5.99. The average Bonchev–Trinajstić information content (AvgIpc) is 3.08. The zero-order valence-electron chi connectivity index (χ0n) is 11.0. The summed E-state index contributed by atoms with van der Waals surface area (Å²) in [7, 11) is 1.33. The van der Waals surface area contributed by atoms with Gasteiger partial charge < -0.3 is 9.15 Å². The van der Waals surface area contributed by atoms with Crippen LogP contribution >= 0.6 is 11.3 Å². The highest BCUT2D eigenvalue weighted by atomic mass is 32.1. The lowest BCUT2D eigenvalue weighted by molar-refractivity contribution is 0.0562. The molecular weight excluding hydrogens is 264 g/mol. The van der Waals surface area contributed by atoms with Gasteiger partial charge in [-0.3, -0.25) is 5.32 Å². The SMILES string of the molecule is COC(=O)c1ccc(C(C)NC(C)c2nccs2)o1. The van der Waals surface area contributed by atoms with Crippen LogP contribution in [0, 0.1) is 0 Å². The molecule has 0 radical (unpaired) electrons. The molecule has 102 valence electrons. The Morgan fingerprint density at radius 2 is 2.21 bits per heavy atom. The molecule has 2 atom stereocenters. The van der Waals surface area contributed by atoms with Gasteiger partial charge in [-0.05, 0) is 26.0 Å². The smallest absolute Gasteiger partial charge is 0.373 e. The minimum absolute atomic E-state index is 0.0164. The first kappa shape index (κ1) is 13.8. The van der Waals surface area contributed by atoms with Crippen molar-refractivity contribution in [2.24, 2.45) is 0 Å². The van der Waals surface area contributed by atoms with E-state index < -0.39 is 5.97 Å². The molecule has 0 bridgehead atoms. The van der Waals surface area contributed by atoms with Crippen molar-refractivity contribution in [3.05, 3.63) is 40.2 Å². The van der Waals surface area contributed by atoms with Crippen molar-refractivity contribution < 1.29 is 13.9 Å². The van der Waals surface area contributed by atoms with Crippen molar-refractivity contribution in [2.45, 2.75) is 25.9 Å². The van der Waals surface area contributed by atoms with E-state index in [-0.39, 0.29) is 17.8 Å². The molecule has 0 amide bonds. The van der Waals surface area contributed by atoms with Crippen LogP contribution in [0.5, 0.6) is 0 Å². The number of rotatable bonds is 5. The second-order valence-electron chi connectivity index (χ2n) is 4.17. The normalized spacial score (nSPS) is 14.1. The fraction of sp³-hybridized carbons (Fsp3) is 0.385. The maximum atomic E-state index is 11.3. The molecule has 5 nitrogen and oxygen atoms in total. The number of nitrogens with one attached hydrogen (secondary N) is 1. The van der Waals surface area contributed by atoms with E-state index in [9.17, 15) is 4.79 Å². The van der Waals surface area contributed by atoms with Crippen LogP contribution in [0.3, 0.4) is 0 Å². The molecule has 0 aliphatic carbocycles. The van der Waals surface area contributed by atoms with Gasteiger partial charge in [0.2, 0.25) is 5.76 Å². The molecule has 0 spiro atoms. The Balaban J connectivity index is 2.01. The number of ether oxygens (including phenoxy) is 1. The van der Waals surface area contributed by atoms with E-state index in [0.717, 1.165) is 5.01 Å². The number of carbonyl (C=O) groups is 1. The van der Waals surface area contributed by atoms with Gasteiger partial charge in [0.05, 0.1) is 19.2 Å². The van der Waals surface area contributed by atoms with Crippen molar-refractivity contribution >= 4 is 17.3 Å². The van der Waals surface area contributed by atoms with Crippen molar-refractivity contribution in [3.63, 3.8) is 0 Å². The predicted molar refractivity (Wildman–Crippen MR) is 72.1 cm³/mol. The van der Waals surface area contributed by atoms with Gasteiger partial charge in [-0.15, -0.1) is 11.3 Å². The number of carbonyl (C=O) groups excluding carboxylic acids is 1. The number of hydrogen-bond acceptors (Lipinski definition) is 6. The Morgan fingerprint density at radius 1 is 1.42 bits per heavy atom. The lowest BCUT2D eigenvalue weighted by Crippen LogP contribution is -2.22. The topological polar surface area (TPSA) is 64.4 Å². The Bertz CT molecular complexity index is 536. The van der Waals surface area contributed by atoms with Crippen LogP contribution < -0.4 is 5.32 Å². The average molecular weight is 280 g/mol. The standard InChI is InChI=1S/C13H16N2O3S/c1-8(15-9(2)12-14-6-7-19-12)10-4-5-11(18-10)13(16)17-3/h4-9,15H,1-3H3. The van der Waals surface area contributed by atoms with Gasteiger partial charge >= 0.3 is 5.97 Å². The number of furan rings is 1. The highest BCUT2D eigenvalue weighted by molar-refractivity contribution is 7.09. The van der Waals surface area contributed by atoms with Gasteiger partial charge in [0, 0.05) is 11.6 Å². The van der Waals surface area contributed by atoms with Gasteiger partial charge in [0.15, 0.2) is 0 Å². The van der Waals surface area contributed by atoms with Crippen LogP contribution in [0.4, 0.5) is 0 Å². The molecule has 0 aliphatic heterocycles. The number of aromatic nitrogens is 1. The molecule has 19 heavy (non-hydrogen) atoms. The third kappa shape index (κ3) is 3.21. The molecule has 2 rings (SSSR count). The van der Waals surface area contributed by atoms with E-state index in [1.807, 2.05) is 19.2 Å². The predicted octanol–water partition coefficient (Wildman–Crippen LogP) is 2.93. The van der Waals surface area contributed by atoms with E-state index in [1.165, 1.54) is 7.11 Å². The minimum atomic E-state index is -0.466. The first-order chi connectivity index (χ1) is 9.11. The molecule has 0 fully saturated rings. The Morgan fingerprint density at radius 3 is 2.84 bits per heavy atom. The van der Waals surface area contributed by atoms with Crippen LogP contribution in [-0.2, 0) is 4.74 Å². The van der Waals surface area contributed by atoms with Crippen LogP contribution in [-0.4, -0.2) is 18.1 Å². The molecule has 0 aliphatic rings. The van der Waals surface area contributed by atoms with Gasteiger partial charge in [-0.25, -0.2) is 9.78 Å². The van der Waals surface area contributed by atoms with Gasteiger partial charge in [-0.1, -0.05) is 0 Å². The summed E-state index contributed by atoms with van der Waals surface area (Å²) in [6.45, 7) is 4.02. The number of thiazole rings is 1. The van der Waals surface area contributed by atoms with Crippen molar-refractivity contribution in [3.8, 4) is 0 Å². The van der Waals surface area contributed by atoms with Crippen molar-refractivity contribution in [1.29, 1.82) is 0 Å². The summed E-state index contributed by atoms with van der Waals surface area (Å²) < 4.78 is 10.1. The maximum absolute atomic E-state index is 11.3. The molecule has 2 heterocycles. The minimum Gasteiger partial charge on any atom is -0.463 e. The van der Waals surface area contributed by atoms with Crippen LogP contribution in [0.1, 0.15) is 47.3 Å². The summed E-state index contributed by atoms with van der Waals surface area (Å²) in [5.74, 6) is 0.447. The number of hydrogen-bond donors (Lipinski definition) is 1. The highest BCUT2D eigenvalue weighted by Crippen LogP contribution is 2.22.